The maximum absolute atomic E-state index is 14.1. The van der Waals surface area contributed by atoms with E-state index in [9.17, 15) is 8.78 Å². The predicted octanol–water partition coefficient (Wildman–Crippen LogP) is 4.60. The summed E-state index contributed by atoms with van der Waals surface area (Å²) >= 11 is 0. The van der Waals surface area contributed by atoms with Crippen LogP contribution in [0.5, 0.6) is 0 Å². The van der Waals surface area contributed by atoms with Crippen LogP contribution in [0.1, 0.15) is 35.7 Å². The molecule has 126 valence electrons. The molecule has 0 amide bonds. The largest absolute Gasteiger partial charge is 0.365 e. The maximum Gasteiger partial charge on any atom is 0.128 e. The van der Waals surface area contributed by atoms with Gasteiger partial charge in [0.05, 0.1) is 12.2 Å². The van der Waals surface area contributed by atoms with E-state index in [0.717, 1.165) is 42.4 Å². The zero-order valence-electron chi connectivity index (χ0n) is 14.0. The molecular weight excluding hydrogens is 308 g/mol. The van der Waals surface area contributed by atoms with Crippen LogP contribution in [-0.2, 0) is 0 Å². The van der Waals surface area contributed by atoms with Crippen molar-refractivity contribution in [1.82, 2.24) is 14.7 Å². The van der Waals surface area contributed by atoms with Gasteiger partial charge in [-0.1, -0.05) is 6.58 Å². The summed E-state index contributed by atoms with van der Waals surface area (Å²) in [5.41, 5.74) is 3.35. The standard InChI is InChI=1S/C19H21F2N3/c1-13-12-22-24(15(13)3)10-8-14(2)23-9-4-5-19(23)17-11-16(20)6-7-18(17)21/h6-8,10-12,19H,2,4-5,9H2,1,3H3/b10-8-. The first kappa shape index (κ1) is 16.4. The Hall–Kier alpha value is -2.43. The maximum atomic E-state index is 14.1. The summed E-state index contributed by atoms with van der Waals surface area (Å²) in [6.45, 7) is 8.88. The lowest BCUT2D eigenvalue weighted by Gasteiger charge is -2.27. The first-order valence-corrected chi connectivity index (χ1v) is 8.07. The van der Waals surface area contributed by atoms with Gasteiger partial charge in [0.15, 0.2) is 0 Å². The molecule has 3 nitrogen and oxygen atoms in total. The Morgan fingerprint density at radius 3 is 2.83 bits per heavy atom. The number of aryl methyl sites for hydroxylation is 1. The molecule has 1 aliphatic heterocycles. The molecule has 0 aliphatic carbocycles. The van der Waals surface area contributed by atoms with Crippen molar-refractivity contribution in [2.24, 2.45) is 0 Å². The van der Waals surface area contributed by atoms with E-state index in [1.807, 2.05) is 37.2 Å². The fourth-order valence-corrected chi connectivity index (χ4v) is 3.12. The Kier molecular flexibility index (Phi) is 4.51. The lowest BCUT2D eigenvalue weighted by atomic mass is 10.0. The second-order valence-electron chi connectivity index (χ2n) is 6.18. The number of allylic oxidation sites excluding steroid dienone is 1. The summed E-state index contributed by atoms with van der Waals surface area (Å²) in [4.78, 5) is 2.03. The van der Waals surface area contributed by atoms with E-state index in [4.69, 9.17) is 0 Å². The van der Waals surface area contributed by atoms with Gasteiger partial charge in [-0.3, -0.25) is 0 Å². The molecule has 24 heavy (non-hydrogen) atoms. The summed E-state index contributed by atoms with van der Waals surface area (Å²) < 4.78 is 29.4. The number of hydrogen-bond donors (Lipinski definition) is 0. The average molecular weight is 329 g/mol. The summed E-state index contributed by atoms with van der Waals surface area (Å²) in [7, 11) is 0. The zero-order chi connectivity index (χ0) is 17.3. The van der Waals surface area contributed by atoms with Gasteiger partial charge < -0.3 is 4.90 Å². The molecular formula is C19H21F2N3. The normalized spacial score (nSPS) is 17.8. The van der Waals surface area contributed by atoms with Crippen molar-refractivity contribution in [2.75, 3.05) is 6.54 Å². The van der Waals surface area contributed by atoms with Gasteiger partial charge in [-0.15, -0.1) is 0 Å². The van der Waals surface area contributed by atoms with Crippen molar-refractivity contribution in [3.05, 3.63) is 71.2 Å². The Morgan fingerprint density at radius 2 is 2.12 bits per heavy atom. The summed E-state index contributed by atoms with van der Waals surface area (Å²) in [5.74, 6) is -0.786. The van der Waals surface area contributed by atoms with Crippen LogP contribution in [0.4, 0.5) is 8.78 Å². The fourth-order valence-electron chi connectivity index (χ4n) is 3.12. The Morgan fingerprint density at radius 1 is 1.33 bits per heavy atom. The molecule has 0 N–H and O–H groups in total. The molecule has 1 unspecified atom stereocenters. The van der Waals surface area contributed by atoms with Crippen molar-refractivity contribution in [1.29, 1.82) is 0 Å². The molecule has 2 heterocycles. The topological polar surface area (TPSA) is 21.1 Å². The van der Waals surface area contributed by atoms with Crippen LogP contribution in [0.2, 0.25) is 0 Å². The lowest BCUT2D eigenvalue weighted by Crippen LogP contribution is -2.22. The molecule has 1 aliphatic rings. The lowest BCUT2D eigenvalue weighted by molar-refractivity contribution is 0.329. The third-order valence-electron chi connectivity index (χ3n) is 4.64. The minimum absolute atomic E-state index is 0.182. The highest BCUT2D eigenvalue weighted by Gasteiger charge is 2.28. The highest BCUT2D eigenvalue weighted by molar-refractivity contribution is 5.36. The quantitative estimate of drug-likeness (QED) is 0.765. The van der Waals surface area contributed by atoms with Gasteiger partial charge in [0, 0.05) is 29.7 Å². The summed E-state index contributed by atoms with van der Waals surface area (Å²) in [6, 6.07) is 3.44. The van der Waals surface area contributed by atoms with Crippen LogP contribution in [-0.4, -0.2) is 21.2 Å². The highest BCUT2D eigenvalue weighted by atomic mass is 19.1. The Labute approximate surface area is 140 Å². The summed E-state index contributed by atoms with van der Waals surface area (Å²) in [5, 5.41) is 4.28. The third-order valence-corrected chi connectivity index (χ3v) is 4.64. The van der Waals surface area contributed by atoms with Crippen LogP contribution < -0.4 is 0 Å². The molecule has 0 saturated carbocycles. The van der Waals surface area contributed by atoms with Crippen molar-refractivity contribution >= 4 is 6.20 Å². The van der Waals surface area contributed by atoms with E-state index in [-0.39, 0.29) is 11.9 Å². The molecule has 1 atom stereocenters. The van der Waals surface area contributed by atoms with E-state index >= 15 is 0 Å². The van der Waals surface area contributed by atoms with E-state index < -0.39 is 5.82 Å². The average Bonchev–Trinajstić information content (AvgIpc) is 3.16. The second kappa shape index (κ2) is 6.59. The van der Waals surface area contributed by atoms with Crippen LogP contribution >= 0.6 is 0 Å². The molecule has 0 spiro atoms. The fraction of sp³-hybridized carbons (Fsp3) is 0.316. The minimum atomic E-state index is -0.415. The first-order chi connectivity index (χ1) is 11.5. The molecule has 1 saturated heterocycles. The molecule has 5 heteroatoms. The van der Waals surface area contributed by atoms with Gasteiger partial charge in [0.1, 0.15) is 11.6 Å². The van der Waals surface area contributed by atoms with Gasteiger partial charge in [0.25, 0.3) is 0 Å². The van der Waals surface area contributed by atoms with Crippen LogP contribution in [0, 0.1) is 25.5 Å². The van der Waals surface area contributed by atoms with E-state index in [1.54, 1.807) is 4.68 Å². The summed E-state index contributed by atoms with van der Waals surface area (Å²) in [6.07, 6.45) is 7.24. The van der Waals surface area contributed by atoms with Gasteiger partial charge >= 0.3 is 0 Å². The number of aromatic nitrogens is 2. The van der Waals surface area contributed by atoms with Crippen molar-refractivity contribution < 1.29 is 8.78 Å². The van der Waals surface area contributed by atoms with Gasteiger partial charge in [0.2, 0.25) is 0 Å². The smallest absolute Gasteiger partial charge is 0.128 e. The molecule has 3 rings (SSSR count). The monoisotopic (exact) mass is 329 g/mol. The number of hydrogen-bond acceptors (Lipinski definition) is 2. The Balaban J connectivity index is 1.81. The highest BCUT2D eigenvalue weighted by Crippen LogP contribution is 2.36. The van der Waals surface area contributed by atoms with Gasteiger partial charge in [-0.25, -0.2) is 13.5 Å². The number of likely N-dealkylation sites (tertiary alicyclic amines) is 1. The molecule has 0 radical (unpaired) electrons. The zero-order valence-corrected chi connectivity index (χ0v) is 14.0. The van der Waals surface area contributed by atoms with Gasteiger partial charge in [-0.2, -0.15) is 5.10 Å². The van der Waals surface area contributed by atoms with Crippen LogP contribution in [0.25, 0.3) is 6.20 Å². The van der Waals surface area contributed by atoms with Crippen molar-refractivity contribution in [3.8, 4) is 0 Å². The number of rotatable bonds is 4. The van der Waals surface area contributed by atoms with Crippen molar-refractivity contribution in [2.45, 2.75) is 32.7 Å². The predicted molar refractivity (Wildman–Crippen MR) is 91.2 cm³/mol. The van der Waals surface area contributed by atoms with Crippen LogP contribution in [0.15, 0.2) is 42.7 Å². The molecule has 1 aromatic heterocycles. The minimum Gasteiger partial charge on any atom is -0.365 e. The molecule has 2 aromatic rings. The van der Waals surface area contributed by atoms with Crippen LogP contribution in [0.3, 0.4) is 0 Å². The Bertz CT molecular complexity index is 792. The SMILES string of the molecule is C=C(/C=C\n1ncc(C)c1C)N1CCCC1c1cc(F)ccc1F. The van der Waals surface area contributed by atoms with E-state index in [2.05, 4.69) is 11.7 Å². The molecule has 1 fully saturated rings. The van der Waals surface area contributed by atoms with E-state index in [0.29, 0.717) is 5.56 Å². The first-order valence-electron chi connectivity index (χ1n) is 8.07. The van der Waals surface area contributed by atoms with Gasteiger partial charge in [-0.05, 0) is 56.5 Å². The number of benzene rings is 1. The second-order valence-corrected chi connectivity index (χ2v) is 6.18. The number of halogens is 2. The van der Waals surface area contributed by atoms with E-state index in [1.165, 1.54) is 12.1 Å². The number of nitrogens with zero attached hydrogens (tertiary/aromatic N) is 3. The van der Waals surface area contributed by atoms with Crippen molar-refractivity contribution in [3.63, 3.8) is 0 Å². The molecule has 0 bridgehead atoms. The molecule has 1 aromatic carbocycles. The third kappa shape index (κ3) is 3.11.